The van der Waals surface area contributed by atoms with E-state index in [-0.39, 0.29) is 6.10 Å². The van der Waals surface area contributed by atoms with Gasteiger partial charge in [-0.2, -0.15) is 0 Å². The summed E-state index contributed by atoms with van der Waals surface area (Å²) in [6, 6.07) is 8.93. The van der Waals surface area contributed by atoms with Crippen molar-refractivity contribution in [2.75, 3.05) is 13.7 Å². The number of aliphatic hydroxyl groups is 1. The van der Waals surface area contributed by atoms with E-state index in [0.29, 0.717) is 6.61 Å². The van der Waals surface area contributed by atoms with E-state index in [1.165, 1.54) is 7.11 Å². The third-order valence-electron chi connectivity index (χ3n) is 3.72. The number of rotatable bonds is 2. The lowest BCUT2D eigenvalue weighted by Crippen LogP contribution is -2.64. The Balaban J connectivity index is 1.74. The second kappa shape index (κ2) is 5.77. The summed E-state index contributed by atoms with van der Waals surface area (Å²) < 4.78 is 22.2. The van der Waals surface area contributed by atoms with E-state index in [1.807, 2.05) is 30.3 Å². The average Bonchev–Trinajstić information content (AvgIpc) is 2.51. The van der Waals surface area contributed by atoms with Gasteiger partial charge in [0.1, 0.15) is 18.3 Å². The van der Waals surface area contributed by atoms with Crippen LogP contribution in [0.15, 0.2) is 30.3 Å². The van der Waals surface area contributed by atoms with Crippen molar-refractivity contribution in [3.63, 3.8) is 0 Å². The monoisotopic (exact) mass is 281 g/mol. The van der Waals surface area contributed by atoms with Crippen molar-refractivity contribution < 1.29 is 24.1 Å². The molecule has 0 radical (unpaired) electrons. The van der Waals surface area contributed by atoms with Crippen LogP contribution in [0.3, 0.4) is 0 Å². The summed E-state index contributed by atoms with van der Waals surface area (Å²) in [5, 5.41) is 10.3. The Hall–Kier alpha value is -1.02. The molecular weight excluding hydrogens is 262 g/mol. The number of aliphatic hydroxyl groups excluding tert-OH is 1. The van der Waals surface area contributed by atoms with Crippen molar-refractivity contribution in [3.05, 3.63) is 35.9 Å². The van der Waals surface area contributed by atoms with Crippen LogP contribution in [0.4, 0.5) is 0 Å². The largest absolute Gasteiger partial charge is 0.388 e. The quantitative estimate of drug-likeness (QED) is 0.803. The smallest absolute Gasteiger partial charge is 0.184 e. The predicted octanol–water partition coefficient (Wildman–Crippen LogP) is 0.160. The predicted molar refractivity (Wildman–Crippen MR) is 69.7 cm³/mol. The molecule has 20 heavy (non-hydrogen) atoms. The molecule has 2 fully saturated rings. The third-order valence-corrected chi connectivity index (χ3v) is 3.72. The second-order valence-electron chi connectivity index (χ2n) is 5.02. The lowest BCUT2D eigenvalue weighted by atomic mass is 9.96. The third kappa shape index (κ3) is 2.46. The molecule has 0 unspecified atom stereocenters. The highest BCUT2D eigenvalue weighted by Gasteiger charge is 2.48. The molecule has 0 amide bonds. The Kier molecular flexibility index (Phi) is 4.02. The van der Waals surface area contributed by atoms with Crippen molar-refractivity contribution in [2.24, 2.45) is 5.73 Å². The van der Waals surface area contributed by atoms with Crippen molar-refractivity contribution in [1.29, 1.82) is 0 Å². The first kappa shape index (κ1) is 13.9. The number of fused-ring (bicyclic) bond motifs is 1. The van der Waals surface area contributed by atoms with E-state index in [1.54, 1.807) is 0 Å². The van der Waals surface area contributed by atoms with E-state index in [2.05, 4.69) is 0 Å². The fourth-order valence-electron chi connectivity index (χ4n) is 2.60. The Bertz CT molecular complexity index is 440. The van der Waals surface area contributed by atoms with Crippen LogP contribution in [-0.2, 0) is 18.9 Å². The van der Waals surface area contributed by atoms with Gasteiger partial charge in [-0.3, -0.25) is 0 Å². The highest BCUT2D eigenvalue weighted by atomic mass is 16.7. The molecule has 6 heteroatoms. The number of hydrogen-bond acceptors (Lipinski definition) is 6. The van der Waals surface area contributed by atoms with Gasteiger partial charge in [0.05, 0.1) is 12.6 Å². The number of methoxy groups -OCH3 is 1. The van der Waals surface area contributed by atoms with Crippen LogP contribution >= 0.6 is 0 Å². The van der Waals surface area contributed by atoms with Crippen LogP contribution in [0.1, 0.15) is 11.9 Å². The molecule has 2 heterocycles. The van der Waals surface area contributed by atoms with Crippen LogP contribution in [0.25, 0.3) is 0 Å². The van der Waals surface area contributed by atoms with Gasteiger partial charge in [0.25, 0.3) is 0 Å². The zero-order valence-electron chi connectivity index (χ0n) is 11.2. The highest BCUT2D eigenvalue weighted by molar-refractivity contribution is 5.16. The number of ether oxygens (including phenoxy) is 4. The summed E-state index contributed by atoms with van der Waals surface area (Å²) >= 11 is 0. The van der Waals surface area contributed by atoms with Gasteiger partial charge in [-0.25, -0.2) is 0 Å². The molecule has 6 nitrogen and oxygen atoms in total. The van der Waals surface area contributed by atoms with Crippen LogP contribution in [-0.4, -0.2) is 49.5 Å². The minimum atomic E-state index is -0.853. The molecule has 0 bridgehead atoms. The topological polar surface area (TPSA) is 83.2 Å². The van der Waals surface area contributed by atoms with Crippen molar-refractivity contribution >= 4 is 0 Å². The summed E-state index contributed by atoms with van der Waals surface area (Å²) in [4.78, 5) is 0. The number of benzene rings is 1. The van der Waals surface area contributed by atoms with Crippen molar-refractivity contribution in [1.82, 2.24) is 0 Å². The van der Waals surface area contributed by atoms with Gasteiger partial charge in [0.2, 0.25) is 0 Å². The molecule has 6 atom stereocenters. The fraction of sp³-hybridized carbons (Fsp3) is 0.571. The lowest BCUT2D eigenvalue weighted by molar-refractivity contribution is -0.339. The van der Waals surface area contributed by atoms with E-state index in [0.717, 1.165) is 5.56 Å². The average molecular weight is 281 g/mol. The molecule has 0 aliphatic carbocycles. The molecule has 2 aliphatic heterocycles. The molecule has 110 valence electrons. The molecule has 3 N–H and O–H groups in total. The van der Waals surface area contributed by atoms with Gasteiger partial charge in [0.15, 0.2) is 12.6 Å². The Morgan fingerprint density at radius 3 is 2.70 bits per heavy atom. The Morgan fingerprint density at radius 1 is 1.25 bits per heavy atom. The lowest BCUT2D eigenvalue weighted by Gasteiger charge is -2.46. The van der Waals surface area contributed by atoms with Gasteiger partial charge in [-0.05, 0) is 0 Å². The molecule has 1 aromatic rings. The zero-order valence-corrected chi connectivity index (χ0v) is 11.2. The molecule has 0 saturated carbocycles. The molecule has 2 aliphatic rings. The van der Waals surface area contributed by atoms with Gasteiger partial charge in [-0.15, -0.1) is 0 Å². The van der Waals surface area contributed by atoms with Crippen LogP contribution < -0.4 is 5.73 Å². The van der Waals surface area contributed by atoms with Crippen LogP contribution in [0.2, 0.25) is 0 Å². The fourth-order valence-corrected chi connectivity index (χ4v) is 2.60. The van der Waals surface area contributed by atoms with Crippen LogP contribution in [0.5, 0.6) is 0 Å². The SMILES string of the molecule is CO[C@H]1O[C@@H]2CO[C@@H](c3ccccc3)O[C@H]2[C@@H](O)[C@@H]1N. The first-order valence-corrected chi connectivity index (χ1v) is 6.64. The first-order chi connectivity index (χ1) is 9.70. The first-order valence-electron chi connectivity index (χ1n) is 6.64. The van der Waals surface area contributed by atoms with Gasteiger partial charge in [0, 0.05) is 12.7 Å². The minimum absolute atomic E-state index is 0.327. The minimum Gasteiger partial charge on any atom is -0.388 e. The summed E-state index contributed by atoms with van der Waals surface area (Å²) in [6.45, 7) is 0.327. The Morgan fingerprint density at radius 2 is 2.00 bits per heavy atom. The summed E-state index contributed by atoms with van der Waals surface area (Å²) in [7, 11) is 1.49. The van der Waals surface area contributed by atoms with E-state index in [4.69, 9.17) is 24.7 Å². The molecule has 2 saturated heterocycles. The van der Waals surface area contributed by atoms with Crippen molar-refractivity contribution in [2.45, 2.75) is 36.9 Å². The molecule has 3 rings (SSSR count). The standard InChI is InChI=1S/C14H19NO5/c1-17-14-10(15)11(16)12-9(19-14)7-18-13(20-12)8-5-3-2-4-6-8/h2-6,9-14,16H,7,15H2,1H3/t9-,10+,11+,12-,13-,14+/m1/s1. The highest BCUT2D eigenvalue weighted by Crippen LogP contribution is 2.33. The second-order valence-corrected chi connectivity index (χ2v) is 5.02. The number of hydrogen-bond donors (Lipinski definition) is 2. The molecule has 0 spiro atoms. The van der Waals surface area contributed by atoms with E-state index < -0.39 is 30.8 Å². The molecule has 1 aromatic carbocycles. The summed E-state index contributed by atoms with van der Waals surface area (Å²) in [6.07, 6.45) is -2.91. The van der Waals surface area contributed by atoms with Gasteiger partial charge in [-0.1, -0.05) is 30.3 Å². The van der Waals surface area contributed by atoms with Gasteiger partial charge < -0.3 is 29.8 Å². The summed E-state index contributed by atoms with van der Waals surface area (Å²) in [5.41, 5.74) is 6.81. The Labute approximate surface area is 117 Å². The maximum atomic E-state index is 10.3. The normalized spacial score (nSPS) is 41.1. The maximum absolute atomic E-state index is 10.3. The van der Waals surface area contributed by atoms with Crippen LogP contribution in [0, 0.1) is 0 Å². The maximum Gasteiger partial charge on any atom is 0.184 e. The van der Waals surface area contributed by atoms with E-state index >= 15 is 0 Å². The summed E-state index contributed by atoms with van der Waals surface area (Å²) in [5.74, 6) is 0. The van der Waals surface area contributed by atoms with E-state index in [9.17, 15) is 5.11 Å². The van der Waals surface area contributed by atoms with Gasteiger partial charge >= 0.3 is 0 Å². The molecular formula is C14H19NO5. The zero-order chi connectivity index (χ0) is 14.1. The number of nitrogens with two attached hydrogens (primary N) is 1. The molecule has 0 aromatic heterocycles. The van der Waals surface area contributed by atoms with Crippen molar-refractivity contribution in [3.8, 4) is 0 Å².